The molecule has 2 heterocycles. The fourth-order valence-corrected chi connectivity index (χ4v) is 3.77. The van der Waals surface area contributed by atoms with Gasteiger partial charge in [-0.15, -0.1) is 11.3 Å². The maximum atomic E-state index is 12.6. The van der Waals surface area contributed by atoms with Gasteiger partial charge < -0.3 is 10.0 Å². The van der Waals surface area contributed by atoms with Crippen LogP contribution in [0.15, 0.2) is 11.4 Å². The van der Waals surface area contributed by atoms with Crippen LogP contribution >= 0.6 is 11.3 Å². The summed E-state index contributed by atoms with van der Waals surface area (Å²) >= 11 is 1.55. The van der Waals surface area contributed by atoms with E-state index in [2.05, 4.69) is 24.8 Å². The molecule has 118 valence electrons. The molecule has 1 aromatic heterocycles. The number of thiophene rings is 1. The summed E-state index contributed by atoms with van der Waals surface area (Å²) < 4.78 is 0. The van der Waals surface area contributed by atoms with Gasteiger partial charge in [-0.25, -0.2) is 0 Å². The van der Waals surface area contributed by atoms with Gasteiger partial charge in [0.1, 0.15) is 0 Å². The lowest BCUT2D eigenvalue weighted by Gasteiger charge is -2.37. The van der Waals surface area contributed by atoms with E-state index in [4.69, 9.17) is 0 Å². The predicted molar refractivity (Wildman–Crippen MR) is 87.0 cm³/mol. The number of carbonyl (C=O) groups is 1. The van der Waals surface area contributed by atoms with Gasteiger partial charge in [0.25, 0.3) is 5.91 Å². The predicted octanol–water partition coefficient (Wildman–Crippen LogP) is 2.40. The zero-order chi connectivity index (χ0) is 15.6. The first-order valence-electron chi connectivity index (χ1n) is 7.59. The van der Waals surface area contributed by atoms with Gasteiger partial charge in [0.2, 0.25) is 0 Å². The maximum absolute atomic E-state index is 12.6. The third kappa shape index (κ3) is 4.28. The average Bonchev–Trinajstić information content (AvgIpc) is 2.86. The summed E-state index contributed by atoms with van der Waals surface area (Å²) in [7, 11) is 0. The fourth-order valence-electron chi connectivity index (χ4n) is 2.75. The Kier molecular flexibility index (Phi) is 5.07. The van der Waals surface area contributed by atoms with Gasteiger partial charge in [0.05, 0.1) is 10.5 Å². The molecule has 5 heteroatoms. The summed E-state index contributed by atoms with van der Waals surface area (Å²) in [5.41, 5.74) is 0.481. The molecule has 4 nitrogen and oxygen atoms in total. The van der Waals surface area contributed by atoms with Gasteiger partial charge in [0.15, 0.2) is 0 Å². The first-order valence-corrected chi connectivity index (χ1v) is 8.47. The van der Waals surface area contributed by atoms with E-state index in [0.717, 1.165) is 36.6 Å². The molecule has 0 aliphatic carbocycles. The molecule has 0 bridgehead atoms. The molecule has 21 heavy (non-hydrogen) atoms. The minimum Gasteiger partial charge on any atom is -0.389 e. The molecule has 1 aromatic rings. The van der Waals surface area contributed by atoms with Crippen LogP contribution in [0.5, 0.6) is 0 Å². The smallest absolute Gasteiger partial charge is 0.264 e. The molecule has 1 saturated heterocycles. The molecule has 0 unspecified atom stereocenters. The van der Waals surface area contributed by atoms with E-state index in [0.29, 0.717) is 12.5 Å². The van der Waals surface area contributed by atoms with Crippen molar-refractivity contribution >= 4 is 17.2 Å². The summed E-state index contributed by atoms with van der Waals surface area (Å²) in [6.07, 6.45) is 0. The number of piperazine rings is 1. The van der Waals surface area contributed by atoms with E-state index in [1.807, 2.05) is 24.1 Å². The highest BCUT2D eigenvalue weighted by atomic mass is 32.1. The summed E-state index contributed by atoms with van der Waals surface area (Å²) in [4.78, 5) is 17.7. The molecule has 1 N–H and O–H groups in total. The van der Waals surface area contributed by atoms with Gasteiger partial charge in [0, 0.05) is 32.7 Å². The number of amides is 1. The minimum absolute atomic E-state index is 0.164. The van der Waals surface area contributed by atoms with Gasteiger partial charge in [-0.1, -0.05) is 13.8 Å². The lowest BCUT2D eigenvalue weighted by molar-refractivity contribution is 0.0179. The Morgan fingerprint density at radius 2 is 1.95 bits per heavy atom. The largest absolute Gasteiger partial charge is 0.389 e. The van der Waals surface area contributed by atoms with Gasteiger partial charge in [-0.05, 0) is 36.8 Å². The second-order valence-corrected chi connectivity index (χ2v) is 7.66. The Morgan fingerprint density at radius 1 is 1.33 bits per heavy atom. The molecule has 1 fully saturated rings. The molecule has 0 spiro atoms. The van der Waals surface area contributed by atoms with Crippen molar-refractivity contribution in [1.29, 1.82) is 0 Å². The highest BCUT2D eigenvalue weighted by Crippen LogP contribution is 2.26. The molecular formula is C16H26N2O2S. The van der Waals surface area contributed by atoms with E-state index in [9.17, 15) is 9.90 Å². The van der Waals surface area contributed by atoms with Crippen LogP contribution < -0.4 is 0 Å². The van der Waals surface area contributed by atoms with Crippen molar-refractivity contribution in [2.75, 3.05) is 32.7 Å². The van der Waals surface area contributed by atoms with Crippen molar-refractivity contribution in [2.24, 2.45) is 0 Å². The standard InChI is InChI=1S/C16H26N2O2S/c1-12(2)13-5-10-21-14(13)15(19)18-8-6-17(7-9-18)11-16(3,4)20/h5,10,12,20H,6-9,11H2,1-4H3. The van der Waals surface area contributed by atoms with E-state index >= 15 is 0 Å². The summed E-state index contributed by atoms with van der Waals surface area (Å²) in [5.74, 6) is 0.545. The molecular weight excluding hydrogens is 284 g/mol. The maximum Gasteiger partial charge on any atom is 0.264 e. The zero-order valence-electron chi connectivity index (χ0n) is 13.4. The molecule has 2 rings (SSSR count). The van der Waals surface area contributed by atoms with Crippen LogP contribution in [0.3, 0.4) is 0 Å². The van der Waals surface area contributed by atoms with E-state index in [1.54, 1.807) is 11.3 Å². The van der Waals surface area contributed by atoms with Crippen LogP contribution in [0, 0.1) is 0 Å². The topological polar surface area (TPSA) is 43.8 Å². The normalized spacial score (nSPS) is 17.5. The molecule has 1 aliphatic heterocycles. The van der Waals surface area contributed by atoms with Gasteiger partial charge >= 0.3 is 0 Å². The second-order valence-electron chi connectivity index (χ2n) is 6.74. The Hall–Kier alpha value is -0.910. The Morgan fingerprint density at radius 3 is 2.48 bits per heavy atom. The van der Waals surface area contributed by atoms with Crippen molar-refractivity contribution in [2.45, 2.75) is 39.2 Å². The lowest BCUT2D eigenvalue weighted by Crippen LogP contribution is -2.52. The van der Waals surface area contributed by atoms with Gasteiger partial charge in [-0.3, -0.25) is 9.69 Å². The van der Waals surface area contributed by atoms with Gasteiger partial charge in [-0.2, -0.15) is 0 Å². The van der Waals surface area contributed by atoms with E-state index in [1.165, 1.54) is 0 Å². The number of hydrogen-bond acceptors (Lipinski definition) is 4. The van der Waals surface area contributed by atoms with E-state index in [-0.39, 0.29) is 5.91 Å². The van der Waals surface area contributed by atoms with Crippen molar-refractivity contribution in [3.05, 3.63) is 21.9 Å². The summed E-state index contributed by atoms with van der Waals surface area (Å²) in [6.45, 7) is 11.7. The van der Waals surface area contributed by atoms with Crippen LogP contribution in [0.2, 0.25) is 0 Å². The summed E-state index contributed by atoms with van der Waals surface area (Å²) in [5, 5.41) is 11.9. The molecule has 0 saturated carbocycles. The summed E-state index contributed by atoms with van der Waals surface area (Å²) in [6, 6.07) is 2.06. The first-order chi connectivity index (χ1) is 9.78. The lowest BCUT2D eigenvalue weighted by atomic mass is 10.0. The van der Waals surface area contributed by atoms with Crippen molar-refractivity contribution in [1.82, 2.24) is 9.80 Å². The quantitative estimate of drug-likeness (QED) is 0.929. The SMILES string of the molecule is CC(C)c1ccsc1C(=O)N1CCN(CC(C)(C)O)CC1. The van der Waals surface area contributed by atoms with Crippen molar-refractivity contribution in [3.8, 4) is 0 Å². The third-order valence-electron chi connectivity index (χ3n) is 3.78. The number of β-amino-alcohol motifs (C(OH)–C–C–N with tert-alkyl or cyclic N) is 1. The molecule has 1 aliphatic rings. The van der Waals surface area contributed by atoms with Crippen LogP contribution in [-0.4, -0.2) is 59.1 Å². The Balaban J connectivity index is 1.96. The van der Waals surface area contributed by atoms with Crippen molar-refractivity contribution in [3.63, 3.8) is 0 Å². The van der Waals surface area contributed by atoms with Crippen molar-refractivity contribution < 1.29 is 9.90 Å². The second kappa shape index (κ2) is 6.46. The first kappa shape index (κ1) is 16.5. The number of aliphatic hydroxyl groups is 1. The number of rotatable bonds is 4. The number of hydrogen-bond donors (Lipinski definition) is 1. The molecule has 0 atom stereocenters. The van der Waals surface area contributed by atoms with Crippen LogP contribution in [0.4, 0.5) is 0 Å². The number of nitrogens with zero attached hydrogens (tertiary/aromatic N) is 2. The highest BCUT2D eigenvalue weighted by molar-refractivity contribution is 7.12. The molecule has 1 amide bonds. The Labute approximate surface area is 131 Å². The fraction of sp³-hybridized carbons (Fsp3) is 0.688. The van der Waals surface area contributed by atoms with E-state index < -0.39 is 5.60 Å². The van der Waals surface area contributed by atoms with Crippen LogP contribution in [0.1, 0.15) is 48.8 Å². The molecule has 0 aromatic carbocycles. The highest BCUT2D eigenvalue weighted by Gasteiger charge is 2.27. The third-order valence-corrected chi connectivity index (χ3v) is 4.70. The number of carbonyl (C=O) groups excluding carboxylic acids is 1. The molecule has 0 radical (unpaired) electrons. The minimum atomic E-state index is -0.676. The van der Waals surface area contributed by atoms with Crippen LogP contribution in [0.25, 0.3) is 0 Å². The monoisotopic (exact) mass is 310 g/mol. The zero-order valence-corrected chi connectivity index (χ0v) is 14.2. The average molecular weight is 310 g/mol. The van der Waals surface area contributed by atoms with Crippen LogP contribution in [-0.2, 0) is 0 Å². The Bertz CT molecular complexity index is 483.